The third-order valence-electron chi connectivity index (χ3n) is 7.73. The summed E-state index contributed by atoms with van der Waals surface area (Å²) in [7, 11) is 0. The Morgan fingerprint density at radius 1 is 1.06 bits per heavy atom. The van der Waals surface area contributed by atoms with Crippen molar-refractivity contribution >= 4 is 23.1 Å². The Kier molecular flexibility index (Phi) is 6.16. The summed E-state index contributed by atoms with van der Waals surface area (Å²) in [5.74, 6) is -2.40. The van der Waals surface area contributed by atoms with Crippen molar-refractivity contribution in [2.75, 3.05) is 6.26 Å². The van der Waals surface area contributed by atoms with Gasteiger partial charge in [0.05, 0.1) is 0 Å². The van der Waals surface area contributed by atoms with Gasteiger partial charge in [-0.3, -0.25) is 0 Å². The molecule has 8 heteroatoms. The Hall–Kier alpha value is -1.03. The number of fused-ring (bicyclic) bond motifs is 1. The Labute approximate surface area is 201 Å². The highest BCUT2D eigenvalue weighted by molar-refractivity contribution is 7.99. The summed E-state index contributed by atoms with van der Waals surface area (Å²) in [4.78, 5) is 2.42. The molecule has 1 saturated heterocycles. The predicted octanol–water partition coefficient (Wildman–Crippen LogP) is 4.57. The van der Waals surface area contributed by atoms with Crippen LogP contribution in [0.4, 0.5) is 8.78 Å². The normalized spacial score (nSPS) is 37.5. The molecule has 1 aliphatic heterocycles. The number of aliphatic hydroxyl groups is 3. The van der Waals surface area contributed by atoms with E-state index < -0.39 is 35.8 Å². The highest BCUT2D eigenvalue weighted by Gasteiger charge is 2.62. The van der Waals surface area contributed by atoms with E-state index >= 15 is 0 Å². The lowest BCUT2D eigenvalue weighted by molar-refractivity contribution is -0.200. The number of hydrogen-bond donors (Lipinski definition) is 3. The molecule has 5 rings (SSSR count). The van der Waals surface area contributed by atoms with Gasteiger partial charge in [-0.05, 0) is 60.8 Å². The van der Waals surface area contributed by atoms with Gasteiger partial charge < -0.3 is 20.1 Å². The zero-order valence-corrected chi connectivity index (χ0v) is 20.3. The van der Waals surface area contributed by atoms with Crippen LogP contribution in [0.15, 0.2) is 30.3 Å². The molecule has 0 unspecified atom stereocenters. The van der Waals surface area contributed by atoms with Crippen LogP contribution in [0.25, 0.3) is 0 Å². The molecule has 33 heavy (non-hydrogen) atoms. The monoisotopic (exact) mass is 496 g/mol. The first-order valence-electron chi connectivity index (χ1n) is 11.4. The summed E-state index contributed by atoms with van der Waals surface area (Å²) in [5, 5.41) is 31.0. The van der Waals surface area contributed by atoms with E-state index in [2.05, 4.69) is 12.1 Å². The minimum Gasteiger partial charge on any atom is -0.387 e. The Bertz CT molecular complexity index is 1030. The van der Waals surface area contributed by atoms with Gasteiger partial charge in [0.25, 0.3) is 0 Å². The number of thioether (sulfide) groups is 1. The van der Waals surface area contributed by atoms with Crippen LogP contribution in [-0.4, -0.2) is 51.2 Å². The smallest absolute Gasteiger partial charge is 0.248 e. The van der Waals surface area contributed by atoms with Gasteiger partial charge in [-0.25, -0.2) is 8.78 Å². The Morgan fingerprint density at radius 2 is 1.85 bits per heavy atom. The number of aryl methyl sites for hydroxylation is 1. The molecule has 0 radical (unpaired) electrons. The fraction of sp³-hybridized carbons (Fsp3) is 0.600. The van der Waals surface area contributed by atoms with Gasteiger partial charge in [0.1, 0.15) is 29.9 Å². The van der Waals surface area contributed by atoms with Gasteiger partial charge in [-0.15, -0.1) is 23.1 Å². The van der Waals surface area contributed by atoms with E-state index in [0.29, 0.717) is 12.8 Å². The number of hydrogen-bond acceptors (Lipinski definition) is 6. The first kappa shape index (κ1) is 23.7. The molecule has 3 N–H and O–H groups in total. The Balaban J connectivity index is 1.34. The van der Waals surface area contributed by atoms with Gasteiger partial charge in [0.2, 0.25) is 5.92 Å². The molecule has 2 saturated carbocycles. The van der Waals surface area contributed by atoms with E-state index in [1.165, 1.54) is 21.5 Å². The van der Waals surface area contributed by atoms with Crippen molar-refractivity contribution in [1.82, 2.24) is 0 Å². The van der Waals surface area contributed by atoms with Crippen molar-refractivity contribution in [1.29, 1.82) is 0 Å². The van der Waals surface area contributed by atoms with Crippen LogP contribution in [0.2, 0.25) is 0 Å². The molecule has 180 valence electrons. The van der Waals surface area contributed by atoms with Crippen LogP contribution < -0.4 is 0 Å². The molecule has 2 aliphatic carbocycles. The molecule has 0 amide bonds. The van der Waals surface area contributed by atoms with Crippen LogP contribution in [-0.2, 0) is 16.6 Å². The molecule has 2 heterocycles. The van der Waals surface area contributed by atoms with Crippen LogP contribution in [0.1, 0.15) is 58.2 Å². The van der Waals surface area contributed by atoms with Crippen molar-refractivity contribution in [3.05, 3.63) is 56.8 Å². The molecule has 1 aromatic carbocycles. The predicted molar refractivity (Wildman–Crippen MR) is 126 cm³/mol. The number of ether oxygens (including phenoxy) is 1. The lowest BCUT2D eigenvalue weighted by atomic mass is 9.85. The molecule has 7 atom stereocenters. The van der Waals surface area contributed by atoms with E-state index in [1.54, 1.807) is 17.6 Å². The maximum absolute atomic E-state index is 13.8. The van der Waals surface area contributed by atoms with Gasteiger partial charge in [-0.1, -0.05) is 18.2 Å². The van der Waals surface area contributed by atoms with Crippen molar-refractivity contribution < 1.29 is 28.8 Å². The standard InChI is InChI=1S/C25H30F2O4S2/c1-13-3-4-14(22-20(29)19(28)21(30)23(31-22)32-2)9-15(13)10-17-5-6-18(33-17)24-7-8-25(26,27)12-16(24)11-24/h3-6,9,16,19-23,28-30H,7-8,10-12H2,1-2H3/t16-,19-,20-,21+,22+,23-,24+/m1/s1. The number of halogens is 2. The van der Waals surface area contributed by atoms with Crippen LogP contribution in [0.3, 0.4) is 0 Å². The number of aliphatic hydroxyl groups excluding tert-OH is 3. The average molecular weight is 497 g/mol. The van der Waals surface area contributed by atoms with Crippen molar-refractivity contribution in [2.45, 2.75) is 80.2 Å². The summed E-state index contributed by atoms with van der Waals surface area (Å²) >= 11 is 3.03. The summed E-state index contributed by atoms with van der Waals surface area (Å²) < 4.78 is 33.4. The van der Waals surface area contributed by atoms with E-state index in [4.69, 9.17) is 4.74 Å². The quantitative estimate of drug-likeness (QED) is 0.566. The number of benzene rings is 1. The molecule has 3 fully saturated rings. The highest BCUT2D eigenvalue weighted by Crippen LogP contribution is 2.66. The lowest BCUT2D eigenvalue weighted by Gasteiger charge is -2.40. The van der Waals surface area contributed by atoms with Crippen molar-refractivity contribution in [2.24, 2.45) is 5.92 Å². The molecule has 3 aliphatic rings. The minimum atomic E-state index is -2.51. The topological polar surface area (TPSA) is 69.9 Å². The summed E-state index contributed by atoms with van der Waals surface area (Å²) in [6.07, 6.45) is -0.424. The molecule has 1 aromatic heterocycles. The largest absolute Gasteiger partial charge is 0.387 e. The minimum absolute atomic E-state index is 0.0147. The zero-order chi connectivity index (χ0) is 23.5. The number of thiophene rings is 1. The van der Waals surface area contributed by atoms with Crippen LogP contribution in [0, 0.1) is 12.8 Å². The fourth-order valence-corrected chi connectivity index (χ4v) is 7.56. The second-order valence-corrected chi connectivity index (χ2v) is 12.0. The highest BCUT2D eigenvalue weighted by atomic mass is 32.2. The number of rotatable bonds is 5. The molecule has 4 nitrogen and oxygen atoms in total. The lowest BCUT2D eigenvalue weighted by Crippen LogP contribution is -2.52. The molecule has 0 bridgehead atoms. The van der Waals surface area contributed by atoms with Crippen molar-refractivity contribution in [3.8, 4) is 0 Å². The van der Waals surface area contributed by atoms with Crippen molar-refractivity contribution in [3.63, 3.8) is 0 Å². The zero-order valence-electron chi connectivity index (χ0n) is 18.7. The molecular weight excluding hydrogens is 466 g/mol. The molecular formula is C25H30F2O4S2. The Morgan fingerprint density at radius 3 is 2.58 bits per heavy atom. The van der Waals surface area contributed by atoms with Gasteiger partial charge in [0, 0.05) is 34.4 Å². The third-order valence-corrected chi connectivity index (χ3v) is 9.89. The van der Waals surface area contributed by atoms with E-state index in [0.717, 1.165) is 23.1 Å². The summed E-state index contributed by atoms with van der Waals surface area (Å²) in [6.45, 7) is 2.04. The van der Waals surface area contributed by atoms with Gasteiger partial charge in [0.15, 0.2) is 0 Å². The van der Waals surface area contributed by atoms with Gasteiger partial charge in [-0.2, -0.15) is 0 Å². The number of alkyl halides is 2. The SMILES string of the molecule is CS[C@H]1O[C@@H](c2ccc(C)c(Cc3ccc([C@]45CCC(F)(F)C[C@H]4C5)s3)c2)[C@H](O)[C@@H](O)[C@@H]1O. The maximum atomic E-state index is 13.8. The fourth-order valence-electron chi connectivity index (χ4n) is 5.55. The van der Waals surface area contributed by atoms with E-state index in [-0.39, 0.29) is 24.2 Å². The third kappa shape index (κ3) is 4.28. The molecule has 0 spiro atoms. The van der Waals surface area contributed by atoms with E-state index in [9.17, 15) is 24.1 Å². The van der Waals surface area contributed by atoms with Gasteiger partial charge >= 0.3 is 0 Å². The second kappa shape index (κ2) is 8.57. The van der Waals surface area contributed by atoms with Crippen LogP contribution in [0.5, 0.6) is 0 Å². The second-order valence-electron chi connectivity index (χ2n) is 9.88. The molecule has 2 aromatic rings. The average Bonchev–Trinajstić information content (AvgIpc) is 3.29. The summed E-state index contributed by atoms with van der Waals surface area (Å²) in [5.41, 5.74) is 2.32. The maximum Gasteiger partial charge on any atom is 0.248 e. The first-order chi connectivity index (χ1) is 15.6. The summed E-state index contributed by atoms with van der Waals surface area (Å²) in [6, 6.07) is 10.1. The first-order valence-corrected chi connectivity index (χ1v) is 13.5. The van der Waals surface area contributed by atoms with E-state index in [1.807, 2.05) is 25.1 Å². The van der Waals surface area contributed by atoms with Crippen LogP contribution >= 0.6 is 23.1 Å².